The minimum Gasteiger partial charge on any atom is -0.389 e. The first-order valence-electron chi connectivity index (χ1n) is 5.48. The van der Waals surface area contributed by atoms with Crippen LogP contribution in [0.25, 0.3) is 0 Å². The van der Waals surface area contributed by atoms with Gasteiger partial charge in [-0.2, -0.15) is 0 Å². The van der Waals surface area contributed by atoms with E-state index in [-0.39, 0.29) is 14.9 Å². The summed E-state index contributed by atoms with van der Waals surface area (Å²) in [7, 11) is -3.85. The zero-order valence-electron chi connectivity index (χ0n) is 10.4. The molecule has 1 heterocycles. The molecule has 0 saturated heterocycles. The molecular formula is C12H11FN2O2S3. The van der Waals surface area contributed by atoms with E-state index in [1.54, 1.807) is 13.0 Å². The Morgan fingerprint density at radius 1 is 1.35 bits per heavy atom. The summed E-state index contributed by atoms with van der Waals surface area (Å²) in [6.07, 6.45) is 0. The summed E-state index contributed by atoms with van der Waals surface area (Å²) in [5.74, 6) is -0.634. The monoisotopic (exact) mass is 330 g/mol. The van der Waals surface area contributed by atoms with E-state index in [9.17, 15) is 12.8 Å². The molecule has 0 amide bonds. The Labute approximate surface area is 125 Å². The Morgan fingerprint density at radius 2 is 2.05 bits per heavy atom. The molecule has 0 fully saturated rings. The fraction of sp³-hybridized carbons (Fsp3) is 0.0833. The predicted molar refractivity (Wildman–Crippen MR) is 82.2 cm³/mol. The number of benzene rings is 1. The molecule has 0 unspecified atom stereocenters. The molecule has 8 heteroatoms. The van der Waals surface area contributed by atoms with Crippen LogP contribution in [0.3, 0.4) is 0 Å². The molecule has 2 rings (SSSR count). The first kappa shape index (κ1) is 14.9. The molecule has 0 radical (unpaired) electrons. The molecule has 0 spiro atoms. The van der Waals surface area contributed by atoms with Crippen LogP contribution < -0.4 is 10.5 Å². The lowest BCUT2D eigenvalue weighted by Gasteiger charge is -2.08. The lowest BCUT2D eigenvalue weighted by atomic mass is 10.2. The topological polar surface area (TPSA) is 72.2 Å². The van der Waals surface area contributed by atoms with Gasteiger partial charge in [0.25, 0.3) is 10.0 Å². The first-order valence-corrected chi connectivity index (χ1v) is 8.19. The van der Waals surface area contributed by atoms with Gasteiger partial charge in [0, 0.05) is 0 Å². The normalized spacial score (nSPS) is 11.3. The minimum atomic E-state index is -3.85. The van der Waals surface area contributed by atoms with Crippen molar-refractivity contribution >= 4 is 44.3 Å². The average Bonchev–Trinajstić information content (AvgIpc) is 2.84. The van der Waals surface area contributed by atoms with Crippen LogP contribution in [-0.4, -0.2) is 13.4 Å². The van der Waals surface area contributed by atoms with Crippen molar-refractivity contribution in [1.82, 2.24) is 0 Å². The van der Waals surface area contributed by atoms with Gasteiger partial charge in [-0.05, 0) is 36.8 Å². The molecule has 2 aromatic rings. The van der Waals surface area contributed by atoms with Crippen LogP contribution in [0.4, 0.5) is 10.1 Å². The van der Waals surface area contributed by atoms with Crippen LogP contribution in [0.1, 0.15) is 10.4 Å². The van der Waals surface area contributed by atoms with E-state index in [0.29, 0.717) is 4.88 Å². The minimum absolute atomic E-state index is 0.0289. The number of nitrogens with two attached hydrogens (primary N) is 1. The number of anilines is 1. The van der Waals surface area contributed by atoms with E-state index in [4.69, 9.17) is 18.0 Å². The number of rotatable bonds is 4. The second kappa shape index (κ2) is 5.47. The van der Waals surface area contributed by atoms with E-state index < -0.39 is 15.8 Å². The van der Waals surface area contributed by atoms with Gasteiger partial charge in [0.15, 0.2) is 0 Å². The van der Waals surface area contributed by atoms with Gasteiger partial charge in [-0.1, -0.05) is 18.3 Å². The van der Waals surface area contributed by atoms with E-state index in [2.05, 4.69) is 4.72 Å². The number of thiophene rings is 1. The van der Waals surface area contributed by atoms with Crippen molar-refractivity contribution in [3.05, 3.63) is 46.6 Å². The number of halogens is 1. The number of hydrogen-bond donors (Lipinski definition) is 2. The third-order valence-electron chi connectivity index (χ3n) is 2.46. The number of hydrogen-bond acceptors (Lipinski definition) is 4. The van der Waals surface area contributed by atoms with E-state index >= 15 is 0 Å². The third-order valence-corrected chi connectivity index (χ3v) is 5.78. The van der Waals surface area contributed by atoms with Crippen molar-refractivity contribution in [3.8, 4) is 0 Å². The SMILES string of the molecule is Cc1ccc(F)c(NS(=O)(=O)c2ccc(C(N)=S)s2)c1. The van der Waals surface area contributed by atoms with E-state index in [1.165, 1.54) is 24.3 Å². The highest BCUT2D eigenvalue weighted by Crippen LogP contribution is 2.25. The lowest BCUT2D eigenvalue weighted by Crippen LogP contribution is -2.13. The average molecular weight is 330 g/mol. The Bertz CT molecular complexity index is 769. The Balaban J connectivity index is 2.35. The number of thiocarbonyl (C=S) groups is 1. The molecule has 4 nitrogen and oxygen atoms in total. The molecule has 1 aromatic heterocycles. The number of aryl methyl sites for hydroxylation is 1. The summed E-state index contributed by atoms with van der Waals surface area (Å²) in [5, 5.41) is 0. The van der Waals surface area contributed by atoms with Crippen molar-refractivity contribution in [2.45, 2.75) is 11.1 Å². The van der Waals surface area contributed by atoms with E-state index in [0.717, 1.165) is 16.9 Å². The predicted octanol–water partition coefficient (Wildman–Crippen LogP) is 2.63. The third kappa shape index (κ3) is 3.14. The molecule has 0 atom stereocenters. The Hall–Kier alpha value is -1.51. The standard InChI is InChI=1S/C12H11FN2O2S3/c1-7-2-3-8(13)9(6-7)15-20(16,17)11-5-4-10(19-11)12(14)18/h2-6,15H,1H3,(H2,14,18). The zero-order valence-corrected chi connectivity index (χ0v) is 12.8. The summed E-state index contributed by atoms with van der Waals surface area (Å²) in [5.41, 5.74) is 6.10. The van der Waals surface area contributed by atoms with Gasteiger partial charge in [0.2, 0.25) is 0 Å². The highest BCUT2D eigenvalue weighted by molar-refractivity contribution is 7.94. The molecule has 20 heavy (non-hydrogen) atoms. The van der Waals surface area contributed by atoms with Gasteiger partial charge >= 0.3 is 0 Å². The molecule has 106 valence electrons. The zero-order chi connectivity index (χ0) is 14.9. The fourth-order valence-corrected chi connectivity index (χ4v) is 3.92. The lowest BCUT2D eigenvalue weighted by molar-refractivity contribution is 0.600. The summed E-state index contributed by atoms with van der Waals surface area (Å²) < 4.78 is 40.1. The molecule has 0 aliphatic heterocycles. The van der Waals surface area contributed by atoms with E-state index in [1.807, 2.05) is 0 Å². The molecule has 0 saturated carbocycles. The van der Waals surface area contributed by atoms with Gasteiger partial charge in [0.05, 0.1) is 10.6 Å². The maximum Gasteiger partial charge on any atom is 0.271 e. The van der Waals surface area contributed by atoms with Gasteiger partial charge in [-0.3, -0.25) is 4.72 Å². The van der Waals surface area contributed by atoms with Crippen molar-refractivity contribution in [3.63, 3.8) is 0 Å². The van der Waals surface area contributed by atoms with Crippen molar-refractivity contribution in [2.24, 2.45) is 5.73 Å². The van der Waals surface area contributed by atoms with Crippen LogP contribution >= 0.6 is 23.6 Å². The summed E-state index contributed by atoms with van der Waals surface area (Å²) in [6.45, 7) is 1.74. The Kier molecular flexibility index (Phi) is 4.07. The summed E-state index contributed by atoms with van der Waals surface area (Å²) in [4.78, 5) is 0.614. The quantitative estimate of drug-likeness (QED) is 0.845. The second-order valence-corrected chi connectivity index (χ2v) is 7.50. The van der Waals surface area contributed by atoms with Gasteiger partial charge in [-0.15, -0.1) is 11.3 Å². The highest BCUT2D eigenvalue weighted by atomic mass is 32.2. The van der Waals surface area contributed by atoms with Crippen LogP contribution in [-0.2, 0) is 10.0 Å². The number of sulfonamides is 1. The summed E-state index contributed by atoms with van der Waals surface area (Å²) >= 11 is 5.72. The van der Waals surface area contributed by atoms with Crippen LogP contribution in [0.5, 0.6) is 0 Å². The first-order chi connectivity index (χ1) is 9.29. The molecule has 0 aliphatic carbocycles. The highest BCUT2D eigenvalue weighted by Gasteiger charge is 2.19. The Morgan fingerprint density at radius 3 is 2.65 bits per heavy atom. The maximum absolute atomic E-state index is 13.6. The molecule has 0 bridgehead atoms. The summed E-state index contributed by atoms with van der Waals surface area (Å²) in [6, 6.07) is 7.10. The van der Waals surface area contributed by atoms with Gasteiger partial charge < -0.3 is 5.73 Å². The van der Waals surface area contributed by atoms with Crippen LogP contribution in [0, 0.1) is 12.7 Å². The van der Waals surface area contributed by atoms with Crippen molar-refractivity contribution in [2.75, 3.05) is 4.72 Å². The smallest absolute Gasteiger partial charge is 0.271 e. The van der Waals surface area contributed by atoms with Crippen molar-refractivity contribution < 1.29 is 12.8 Å². The van der Waals surface area contributed by atoms with Gasteiger partial charge in [0.1, 0.15) is 15.0 Å². The molecule has 0 aliphatic rings. The molecular weight excluding hydrogens is 319 g/mol. The fourth-order valence-electron chi connectivity index (χ4n) is 1.51. The van der Waals surface area contributed by atoms with Crippen molar-refractivity contribution in [1.29, 1.82) is 0 Å². The van der Waals surface area contributed by atoms with Crippen LogP contribution in [0.15, 0.2) is 34.5 Å². The second-order valence-electron chi connectivity index (χ2n) is 4.07. The maximum atomic E-state index is 13.6. The number of nitrogens with one attached hydrogen (secondary N) is 1. The molecule has 3 N–H and O–H groups in total. The largest absolute Gasteiger partial charge is 0.389 e. The molecule has 1 aromatic carbocycles. The van der Waals surface area contributed by atoms with Gasteiger partial charge in [-0.25, -0.2) is 12.8 Å². The van der Waals surface area contributed by atoms with Crippen LogP contribution in [0.2, 0.25) is 0 Å².